The zero-order chi connectivity index (χ0) is 11.1. The number of carbonyl (C=O) groups excluding carboxylic acids is 1. The molecule has 0 aromatic heterocycles. The molecule has 88 valence electrons. The Labute approximate surface area is 96.7 Å². The van der Waals surface area contributed by atoms with Gasteiger partial charge < -0.3 is 9.64 Å². The number of alkyl halides is 1. The Kier molecular flexibility index (Phi) is 6.03. The Hall–Kier alpha value is -0.280. The van der Waals surface area contributed by atoms with Crippen molar-refractivity contribution in [1.82, 2.24) is 4.90 Å². The van der Waals surface area contributed by atoms with Crippen molar-refractivity contribution in [2.24, 2.45) is 0 Å². The van der Waals surface area contributed by atoms with E-state index in [1.54, 1.807) is 0 Å². The fraction of sp³-hybridized carbons (Fsp3) is 0.909. The number of carbonyl (C=O) groups is 1. The Morgan fingerprint density at radius 3 is 2.73 bits per heavy atom. The van der Waals surface area contributed by atoms with Crippen LogP contribution in [-0.2, 0) is 9.53 Å². The first-order valence-corrected chi connectivity index (χ1v) is 6.26. The molecule has 0 saturated heterocycles. The molecule has 1 aliphatic rings. The highest BCUT2D eigenvalue weighted by Gasteiger charge is 2.27. The standard InChI is InChI=1S/C11H20ClNO2/c1-2-8-15-9-11(14)13(7-6-12)10-4-3-5-10/h10H,2-9H2,1H3. The quantitative estimate of drug-likeness (QED) is 0.498. The summed E-state index contributed by atoms with van der Waals surface area (Å²) in [6, 6.07) is 0.418. The zero-order valence-corrected chi connectivity index (χ0v) is 10.1. The molecule has 1 aliphatic carbocycles. The molecular weight excluding hydrogens is 214 g/mol. The lowest BCUT2D eigenvalue weighted by Gasteiger charge is -2.37. The van der Waals surface area contributed by atoms with Crippen LogP contribution in [-0.4, -0.2) is 42.5 Å². The summed E-state index contributed by atoms with van der Waals surface area (Å²) in [4.78, 5) is 13.7. The van der Waals surface area contributed by atoms with Gasteiger partial charge in [-0.15, -0.1) is 11.6 Å². The molecule has 0 aromatic rings. The minimum atomic E-state index is 0.0915. The van der Waals surface area contributed by atoms with Crippen molar-refractivity contribution in [3.63, 3.8) is 0 Å². The van der Waals surface area contributed by atoms with Crippen molar-refractivity contribution in [3.05, 3.63) is 0 Å². The number of hydrogen-bond donors (Lipinski definition) is 0. The van der Waals surface area contributed by atoms with Crippen molar-refractivity contribution in [2.75, 3.05) is 25.6 Å². The van der Waals surface area contributed by atoms with Gasteiger partial charge in [-0.05, 0) is 25.7 Å². The van der Waals surface area contributed by atoms with Crippen LogP contribution in [0.25, 0.3) is 0 Å². The van der Waals surface area contributed by atoms with Crippen molar-refractivity contribution in [2.45, 2.75) is 38.6 Å². The second-order valence-corrected chi connectivity index (χ2v) is 4.29. The fourth-order valence-corrected chi connectivity index (χ4v) is 1.87. The fourth-order valence-electron chi connectivity index (χ4n) is 1.69. The first kappa shape index (κ1) is 12.8. The molecule has 0 unspecified atom stereocenters. The van der Waals surface area contributed by atoms with Crippen molar-refractivity contribution < 1.29 is 9.53 Å². The van der Waals surface area contributed by atoms with Gasteiger partial charge in [0, 0.05) is 25.1 Å². The minimum Gasteiger partial charge on any atom is -0.372 e. The lowest BCUT2D eigenvalue weighted by Crippen LogP contribution is -2.46. The highest BCUT2D eigenvalue weighted by molar-refractivity contribution is 6.18. The largest absolute Gasteiger partial charge is 0.372 e. The molecule has 0 aromatic carbocycles. The first-order valence-electron chi connectivity index (χ1n) is 5.72. The number of rotatable bonds is 7. The maximum absolute atomic E-state index is 11.8. The summed E-state index contributed by atoms with van der Waals surface area (Å²) >= 11 is 5.69. The second kappa shape index (κ2) is 7.07. The van der Waals surface area contributed by atoms with Crippen LogP contribution in [0.15, 0.2) is 0 Å². The van der Waals surface area contributed by atoms with Gasteiger partial charge in [0.15, 0.2) is 0 Å². The Morgan fingerprint density at radius 1 is 1.53 bits per heavy atom. The van der Waals surface area contributed by atoms with Crippen LogP contribution in [0.3, 0.4) is 0 Å². The maximum atomic E-state index is 11.8. The number of ether oxygens (including phenoxy) is 1. The summed E-state index contributed by atoms with van der Waals surface area (Å²) in [7, 11) is 0. The minimum absolute atomic E-state index is 0.0915. The molecule has 0 atom stereocenters. The average molecular weight is 234 g/mol. The van der Waals surface area contributed by atoms with E-state index < -0.39 is 0 Å². The van der Waals surface area contributed by atoms with E-state index in [4.69, 9.17) is 16.3 Å². The van der Waals surface area contributed by atoms with Crippen LogP contribution >= 0.6 is 11.6 Å². The van der Waals surface area contributed by atoms with Crippen molar-refractivity contribution in [3.8, 4) is 0 Å². The predicted molar refractivity (Wildman–Crippen MR) is 61.2 cm³/mol. The van der Waals surface area contributed by atoms with E-state index in [9.17, 15) is 4.79 Å². The summed E-state index contributed by atoms with van der Waals surface area (Å²) in [5.41, 5.74) is 0. The van der Waals surface area contributed by atoms with Gasteiger partial charge in [0.05, 0.1) is 0 Å². The molecule has 0 bridgehead atoms. The zero-order valence-electron chi connectivity index (χ0n) is 9.38. The molecule has 0 heterocycles. The van der Waals surface area contributed by atoms with Crippen molar-refractivity contribution >= 4 is 17.5 Å². The van der Waals surface area contributed by atoms with E-state index in [-0.39, 0.29) is 12.5 Å². The van der Waals surface area contributed by atoms with Gasteiger partial charge >= 0.3 is 0 Å². The second-order valence-electron chi connectivity index (χ2n) is 3.91. The van der Waals surface area contributed by atoms with E-state index >= 15 is 0 Å². The van der Waals surface area contributed by atoms with Gasteiger partial charge in [-0.1, -0.05) is 6.92 Å². The third-order valence-electron chi connectivity index (χ3n) is 2.74. The highest BCUT2D eigenvalue weighted by atomic mass is 35.5. The van der Waals surface area contributed by atoms with E-state index in [0.29, 0.717) is 25.1 Å². The summed E-state index contributed by atoms with van der Waals surface area (Å²) in [6.45, 7) is 3.56. The maximum Gasteiger partial charge on any atom is 0.248 e. The summed E-state index contributed by atoms with van der Waals surface area (Å²) in [6.07, 6.45) is 4.42. The van der Waals surface area contributed by atoms with Crippen LogP contribution < -0.4 is 0 Å². The van der Waals surface area contributed by atoms with Crippen LogP contribution in [0.4, 0.5) is 0 Å². The number of halogens is 1. The number of hydrogen-bond acceptors (Lipinski definition) is 2. The Balaban J connectivity index is 2.29. The molecule has 3 nitrogen and oxygen atoms in total. The van der Waals surface area contributed by atoms with Crippen molar-refractivity contribution in [1.29, 1.82) is 0 Å². The molecule has 0 spiro atoms. The molecule has 0 N–H and O–H groups in total. The smallest absolute Gasteiger partial charge is 0.248 e. The molecule has 0 aliphatic heterocycles. The van der Waals surface area contributed by atoms with Crippen LogP contribution in [0.5, 0.6) is 0 Å². The van der Waals surface area contributed by atoms with Gasteiger partial charge in [-0.2, -0.15) is 0 Å². The summed E-state index contributed by atoms with van der Waals surface area (Å²) in [5.74, 6) is 0.601. The molecule has 1 saturated carbocycles. The average Bonchev–Trinajstić information content (AvgIpc) is 2.14. The summed E-state index contributed by atoms with van der Waals surface area (Å²) in [5, 5.41) is 0. The molecule has 4 heteroatoms. The van der Waals surface area contributed by atoms with Gasteiger partial charge in [-0.3, -0.25) is 4.79 Å². The topological polar surface area (TPSA) is 29.5 Å². The molecule has 1 amide bonds. The molecular formula is C11H20ClNO2. The van der Waals surface area contributed by atoms with Gasteiger partial charge in [-0.25, -0.2) is 0 Å². The number of nitrogens with zero attached hydrogens (tertiary/aromatic N) is 1. The van der Waals surface area contributed by atoms with Gasteiger partial charge in [0.25, 0.3) is 0 Å². The van der Waals surface area contributed by atoms with Gasteiger partial charge in [0.2, 0.25) is 5.91 Å². The Bertz CT molecular complexity index is 195. The third kappa shape index (κ3) is 3.99. The lowest BCUT2D eigenvalue weighted by molar-refractivity contribution is -0.139. The van der Waals surface area contributed by atoms with E-state index in [0.717, 1.165) is 19.3 Å². The molecule has 1 rings (SSSR count). The Morgan fingerprint density at radius 2 is 2.27 bits per heavy atom. The molecule has 0 radical (unpaired) electrons. The van der Waals surface area contributed by atoms with E-state index in [2.05, 4.69) is 0 Å². The molecule has 1 fully saturated rings. The number of amides is 1. The monoisotopic (exact) mass is 233 g/mol. The predicted octanol–water partition coefficient (Wildman–Crippen LogP) is 2.03. The van der Waals surface area contributed by atoms with Crippen LogP contribution in [0.1, 0.15) is 32.6 Å². The third-order valence-corrected chi connectivity index (χ3v) is 2.90. The van der Waals surface area contributed by atoms with Crippen LogP contribution in [0, 0.1) is 0 Å². The normalized spacial score (nSPS) is 16.1. The molecule has 15 heavy (non-hydrogen) atoms. The van der Waals surface area contributed by atoms with Crippen LogP contribution in [0.2, 0.25) is 0 Å². The van der Waals surface area contributed by atoms with Gasteiger partial charge in [0.1, 0.15) is 6.61 Å². The highest BCUT2D eigenvalue weighted by Crippen LogP contribution is 2.24. The van der Waals surface area contributed by atoms with E-state index in [1.165, 1.54) is 6.42 Å². The summed E-state index contributed by atoms with van der Waals surface area (Å²) < 4.78 is 5.26. The SMILES string of the molecule is CCCOCC(=O)N(CCCl)C1CCC1. The van der Waals surface area contributed by atoms with E-state index in [1.807, 2.05) is 11.8 Å². The first-order chi connectivity index (χ1) is 7.29. The lowest BCUT2D eigenvalue weighted by atomic mass is 9.91.